The van der Waals surface area contributed by atoms with E-state index < -0.39 is 5.69 Å². The van der Waals surface area contributed by atoms with Gasteiger partial charge in [0.25, 0.3) is 5.56 Å². The minimum atomic E-state index is -0.404. The fourth-order valence-corrected chi connectivity index (χ4v) is 0.972. The smallest absolute Gasteiger partial charge is 0.303 e. The highest BCUT2D eigenvalue weighted by molar-refractivity contribution is 5.48. The molecule has 0 aliphatic carbocycles. The summed E-state index contributed by atoms with van der Waals surface area (Å²) in [6, 6.07) is 0. The molecule has 1 N–H and O–H groups in total. The fourth-order valence-electron chi connectivity index (χ4n) is 0.972. The monoisotopic (exact) mass is 192 g/mol. The van der Waals surface area contributed by atoms with E-state index in [0.29, 0.717) is 5.56 Å². The molecule has 0 radical (unpaired) electrons. The van der Waals surface area contributed by atoms with E-state index in [1.165, 1.54) is 10.8 Å². The summed E-state index contributed by atoms with van der Waals surface area (Å²) < 4.78 is 1.33. The van der Waals surface area contributed by atoms with Gasteiger partial charge in [0.15, 0.2) is 0 Å². The average molecular weight is 192 g/mol. The summed E-state index contributed by atoms with van der Waals surface area (Å²) in [7, 11) is 1.59. The maximum atomic E-state index is 11.2. The maximum absolute atomic E-state index is 11.2. The first-order chi connectivity index (χ1) is 6.65. The molecule has 0 aromatic carbocycles. The summed E-state index contributed by atoms with van der Waals surface area (Å²) in [5.74, 6) is 0. The Hall–Kier alpha value is -1.84. The van der Waals surface area contributed by atoms with Gasteiger partial charge in [-0.25, -0.2) is 4.79 Å². The Morgan fingerprint density at radius 2 is 2.07 bits per heavy atom. The van der Waals surface area contributed by atoms with Crippen LogP contribution in [0.1, 0.15) is 12.5 Å². The first kappa shape index (κ1) is 10.2. The first-order valence-electron chi connectivity index (χ1n) is 4.24. The molecule has 4 heteroatoms. The molecule has 14 heavy (non-hydrogen) atoms. The van der Waals surface area contributed by atoms with Crippen molar-refractivity contribution in [1.29, 1.82) is 0 Å². The molecule has 0 bridgehead atoms. The van der Waals surface area contributed by atoms with E-state index in [9.17, 15) is 9.59 Å². The minimum absolute atomic E-state index is 0.367. The molecular formula is C10H12N2O2. The van der Waals surface area contributed by atoms with E-state index in [0.717, 1.165) is 0 Å². The number of hydrogen-bond donors (Lipinski definition) is 1. The minimum Gasteiger partial charge on any atom is -0.303 e. The summed E-state index contributed by atoms with van der Waals surface area (Å²) in [4.78, 5) is 24.4. The van der Waals surface area contributed by atoms with Crippen molar-refractivity contribution >= 4 is 6.08 Å². The van der Waals surface area contributed by atoms with Crippen LogP contribution in [0.5, 0.6) is 0 Å². The van der Waals surface area contributed by atoms with Crippen molar-refractivity contribution in [2.45, 2.75) is 6.92 Å². The van der Waals surface area contributed by atoms with Gasteiger partial charge >= 0.3 is 5.69 Å². The lowest BCUT2D eigenvalue weighted by Gasteiger charge is -1.96. The lowest BCUT2D eigenvalue weighted by Crippen LogP contribution is -2.28. The Morgan fingerprint density at radius 3 is 2.71 bits per heavy atom. The molecular weight excluding hydrogens is 180 g/mol. The zero-order valence-electron chi connectivity index (χ0n) is 8.15. The standard InChI is InChI=1S/C10H12N2O2/c1-3-4-5-6-8-7-12(2)10(14)11-9(8)13/h3-7H,1-2H3,(H,11,13,14)/b4-3+,6-5+. The topological polar surface area (TPSA) is 54.9 Å². The van der Waals surface area contributed by atoms with Gasteiger partial charge in [-0.3, -0.25) is 9.78 Å². The van der Waals surface area contributed by atoms with E-state index in [-0.39, 0.29) is 5.56 Å². The summed E-state index contributed by atoms with van der Waals surface area (Å²) in [6.45, 7) is 1.88. The van der Waals surface area contributed by atoms with Crippen molar-refractivity contribution in [3.05, 3.63) is 50.8 Å². The molecule has 1 heterocycles. The zero-order chi connectivity index (χ0) is 10.6. The molecule has 0 fully saturated rings. The second kappa shape index (κ2) is 4.41. The molecule has 0 atom stereocenters. The molecule has 1 aromatic rings. The number of aryl methyl sites for hydroxylation is 1. The van der Waals surface area contributed by atoms with Crippen LogP contribution in [0.15, 0.2) is 34.0 Å². The SMILES string of the molecule is C/C=C/C=C/c1cn(C)c(=O)[nH]c1=O. The highest BCUT2D eigenvalue weighted by atomic mass is 16.2. The van der Waals surface area contributed by atoms with E-state index in [1.54, 1.807) is 19.2 Å². The number of aromatic nitrogens is 2. The Labute approximate surface area is 81.2 Å². The summed E-state index contributed by atoms with van der Waals surface area (Å²) in [6.07, 6.45) is 8.56. The predicted octanol–water partition coefficient (Wildman–Crippen LogP) is 0.663. The third-order valence-corrected chi connectivity index (χ3v) is 1.72. The Bertz CT molecular complexity index is 478. The molecule has 1 rings (SSSR count). The van der Waals surface area contributed by atoms with Crippen molar-refractivity contribution < 1.29 is 0 Å². The van der Waals surface area contributed by atoms with Gasteiger partial charge in [-0.15, -0.1) is 0 Å². The van der Waals surface area contributed by atoms with Gasteiger partial charge in [0.2, 0.25) is 0 Å². The highest BCUT2D eigenvalue weighted by Gasteiger charge is 1.96. The van der Waals surface area contributed by atoms with Crippen LogP contribution in [-0.2, 0) is 7.05 Å². The van der Waals surface area contributed by atoms with Gasteiger partial charge in [-0.05, 0) is 13.0 Å². The van der Waals surface area contributed by atoms with Gasteiger partial charge in [-0.2, -0.15) is 0 Å². The number of allylic oxidation sites excluding steroid dienone is 3. The van der Waals surface area contributed by atoms with Crippen molar-refractivity contribution in [2.24, 2.45) is 7.05 Å². The number of nitrogens with one attached hydrogen (secondary N) is 1. The molecule has 0 aliphatic rings. The van der Waals surface area contributed by atoms with Gasteiger partial charge in [0, 0.05) is 13.2 Å². The van der Waals surface area contributed by atoms with Crippen molar-refractivity contribution in [1.82, 2.24) is 9.55 Å². The van der Waals surface area contributed by atoms with E-state index in [1.807, 2.05) is 19.1 Å². The van der Waals surface area contributed by atoms with Gasteiger partial charge in [-0.1, -0.05) is 18.2 Å². The summed E-state index contributed by atoms with van der Waals surface area (Å²) in [5, 5.41) is 0. The molecule has 0 saturated carbocycles. The van der Waals surface area contributed by atoms with Crippen molar-refractivity contribution in [3.8, 4) is 0 Å². The Balaban J connectivity index is 3.17. The highest BCUT2D eigenvalue weighted by Crippen LogP contribution is 1.91. The van der Waals surface area contributed by atoms with Gasteiger partial charge < -0.3 is 4.57 Å². The fraction of sp³-hybridized carbons (Fsp3) is 0.200. The van der Waals surface area contributed by atoms with E-state index in [2.05, 4.69) is 4.98 Å². The van der Waals surface area contributed by atoms with Crippen LogP contribution in [0.4, 0.5) is 0 Å². The van der Waals surface area contributed by atoms with Crippen LogP contribution < -0.4 is 11.2 Å². The van der Waals surface area contributed by atoms with E-state index >= 15 is 0 Å². The lowest BCUT2D eigenvalue weighted by atomic mass is 10.3. The first-order valence-corrected chi connectivity index (χ1v) is 4.24. The third kappa shape index (κ3) is 2.32. The number of nitrogens with zero attached hydrogens (tertiary/aromatic N) is 1. The lowest BCUT2D eigenvalue weighted by molar-refractivity contribution is 0.796. The van der Waals surface area contributed by atoms with E-state index in [4.69, 9.17) is 0 Å². The van der Waals surface area contributed by atoms with Crippen LogP contribution >= 0.6 is 0 Å². The maximum Gasteiger partial charge on any atom is 0.328 e. The molecule has 74 valence electrons. The summed E-state index contributed by atoms with van der Waals surface area (Å²) >= 11 is 0. The van der Waals surface area contributed by atoms with Crippen LogP contribution in [0.2, 0.25) is 0 Å². The Kier molecular flexibility index (Phi) is 3.23. The molecule has 4 nitrogen and oxygen atoms in total. The number of aromatic amines is 1. The van der Waals surface area contributed by atoms with Crippen molar-refractivity contribution in [3.63, 3.8) is 0 Å². The van der Waals surface area contributed by atoms with Crippen LogP contribution in [0, 0.1) is 0 Å². The number of hydrogen-bond acceptors (Lipinski definition) is 2. The largest absolute Gasteiger partial charge is 0.328 e. The van der Waals surface area contributed by atoms with Crippen molar-refractivity contribution in [2.75, 3.05) is 0 Å². The van der Waals surface area contributed by atoms with Crippen LogP contribution in [0.25, 0.3) is 6.08 Å². The van der Waals surface area contributed by atoms with Crippen LogP contribution in [-0.4, -0.2) is 9.55 Å². The summed E-state index contributed by atoms with van der Waals surface area (Å²) in [5.41, 5.74) is -0.308. The van der Waals surface area contributed by atoms with Crippen LogP contribution in [0.3, 0.4) is 0 Å². The molecule has 0 aliphatic heterocycles. The third-order valence-electron chi connectivity index (χ3n) is 1.72. The van der Waals surface area contributed by atoms with Gasteiger partial charge in [0.1, 0.15) is 0 Å². The number of H-pyrrole nitrogens is 1. The zero-order valence-corrected chi connectivity index (χ0v) is 8.15. The molecule has 0 amide bonds. The quantitative estimate of drug-likeness (QED) is 0.700. The average Bonchev–Trinajstić information content (AvgIpc) is 2.14. The van der Waals surface area contributed by atoms with Gasteiger partial charge in [0.05, 0.1) is 5.56 Å². The predicted molar refractivity (Wildman–Crippen MR) is 56.2 cm³/mol. The molecule has 1 aromatic heterocycles. The molecule has 0 spiro atoms. The normalized spacial score (nSPS) is 11.6. The second-order valence-corrected chi connectivity index (χ2v) is 2.84. The molecule has 0 unspecified atom stereocenters. The Morgan fingerprint density at radius 1 is 1.36 bits per heavy atom. The second-order valence-electron chi connectivity index (χ2n) is 2.84. The molecule has 0 saturated heterocycles. The number of rotatable bonds is 2.